The first-order chi connectivity index (χ1) is 9.09. The number of aromatic nitrogens is 1. The number of hydrazine groups is 1. The summed E-state index contributed by atoms with van der Waals surface area (Å²) in [5, 5.41) is 28.4. The Labute approximate surface area is 109 Å². The van der Waals surface area contributed by atoms with Crippen LogP contribution in [0, 0.1) is 0 Å². The summed E-state index contributed by atoms with van der Waals surface area (Å²) in [4.78, 5) is 15.5. The summed E-state index contributed by atoms with van der Waals surface area (Å²) >= 11 is 0. The molecule has 2 heterocycles. The molecule has 0 aliphatic carbocycles. The van der Waals surface area contributed by atoms with Crippen molar-refractivity contribution >= 4 is 5.91 Å². The summed E-state index contributed by atoms with van der Waals surface area (Å²) in [5.74, 6) is -0.432. The third-order valence-electron chi connectivity index (χ3n) is 2.77. The molecule has 19 heavy (non-hydrogen) atoms. The number of pyridine rings is 1. The Hall–Kier alpha value is -1.58. The molecule has 0 aromatic carbocycles. The van der Waals surface area contributed by atoms with E-state index in [1.165, 1.54) is 24.5 Å². The predicted octanol–water partition coefficient (Wildman–Crippen LogP) is -2.24. The van der Waals surface area contributed by atoms with Crippen LogP contribution in [-0.4, -0.2) is 57.4 Å². The van der Waals surface area contributed by atoms with Crippen LogP contribution >= 0.6 is 0 Å². The van der Waals surface area contributed by atoms with Crippen molar-refractivity contribution in [2.45, 2.75) is 24.5 Å². The van der Waals surface area contributed by atoms with E-state index in [0.717, 1.165) is 0 Å². The van der Waals surface area contributed by atoms with Gasteiger partial charge >= 0.3 is 0 Å². The van der Waals surface area contributed by atoms with Crippen LogP contribution < -0.4 is 10.9 Å². The van der Waals surface area contributed by atoms with Gasteiger partial charge in [-0.1, -0.05) is 0 Å². The van der Waals surface area contributed by atoms with Crippen molar-refractivity contribution in [3.8, 4) is 0 Å². The van der Waals surface area contributed by atoms with Gasteiger partial charge in [0, 0.05) is 18.0 Å². The molecule has 104 valence electrons. The molecular formula is C11H15N3O5. The number of nitrogens with one attached hydrogen (secondary N) is 2. The van der Waals surface area contributed by atoms with Gasteiger partial charge in [-0.3, -0.25) is 15.2 Å². The molecule has 1 unspecified atom stereocenters. The predicted molar refractivity (Wildman–Crippen MR) is 62.6 cm³/mol. The van der Waals surface area contributed by atoms with Crippen LogP contribution in [0.1, 0.15) is 10.4 Å². The quantitative estimate of drug-likeness (QED) is 0.393. The molecule has 1 saturated heterocycles. The number of hydrogen-bond donors (Lipinski definition) is 5. The highest BCUT2D eigenvalue weighted by Gasteiger charge is 2.37. The Bertz CT molecular complexity index is 430. The molecule has 0 spiro atoms. The van der Waals surface area contributed by atoms with E-state index < -0.39 is 30.4 Å². The van der Waals surface area contributed by atoms with E-state index in [-0.39, 0.29) is 6.61 Å². The van der Waals surface area contributed by atoms with Crippen molar-refractivity contribution in [3.63, 3.8) is 0 Å². The standard InChI is InChI=1S/C11H15N3O5/c15-7-5-19-11(9(17)8(7)16)14-13-10(18)6-1-3-12-4-2-6/h1-4,7-9,11,14-17H,5H2,(H,13,18)/t7-,8+,9+,11?/m1/s1. The average Bonchev–Trinajstić information content (AvgIpc) is 2.45. The summed E-state index contributed by atoms with van der Waals surface area (Å²) in [7, 11) is 0. The monoisotopic (exact) mass is 269 g/mol. The number of carbonyl (C=O) groups excluding carboxylic acids is 1. The third kappa shape index (κ3) is 3.25. The van der Waals surface area contributed by atoms with E-state index in [4.69, 9.17) is 4.74 Å². The molecule has 1 fully saturated rings. The maximum atomic E-state index is 11.7. The summed E-state index contributed by atoms with van der Waals surface area (Å²) in [6.45, 7) is -0.138. The average molecular weight is 269 g/mol. The highest BCUT2D eigenvalue weighted by atomic mass is 16.5. The lowest BCUT2D eigenvalue weighted by Crippen LogP contribution is -2.61. The van der Waals surface area contributed by atoms with Gasteiger partial charge in [-0.15, -0.1) is 0 Å². The van der Waals surface area contributed by atoms with Crippen molar-refractivity contribution in [3.05, 3.63) is 30.1 Å². The van der Waals surface area contributed by atoms with Gasteiger partial charge in [0.1, 0.15) is 18.3 Å². The Kier molecular flexibility index (Phi) is 4.40. The molecule has 1 aliphatic heterocycles. The van der Waals surface area contributed by atoms with Gasteiger partial charge in [0.2, 0.25) is 0 Å². The Balaban J connectivity index is 1.87. The fourth-order valence-electron chi connectivity index (χ4n) is 1.65. The lowest BCUT2D eigenvalue weighted by Gasteiger charge is -2.35. The first-order valence-electron chi connectivity index (χ1n) is 5.71. The molecule has 0 bridgehead atoms. The van der Waals surface area contributed by atoms with E-state index in [2.05, 4.69) is 15.8 Å². The SMILES string of the molecule is O=C(NNC1OC[C@@H](O)[C@H](O)[C@@H]1O)c1ccncc1. The number of aliphatic hydroxyl groups excluding tert-OH is 3. The normalized spacial score (nSPS) is 30.9. The maximum Gasteiger partial charge on any atom is 0.265 e. The van der Waals surface area contributed by atoms with Crippen LogP contribution in [0.15, 0.2) is 24.5 Å². The highest BCUT2D eigenvalue weighted by Crippen LogP contribution is 2.13. The van der Waals surface area contributed by atoms with Crippen LogP contribution in [0.25, 0.3) is 0 Å². The summed E-state index contributed by atoms with van der Waals surface area (Å²) in [5.41, 5.74) is 5.18. The Morgan fingerprint density at radius 1 is 1.26 bits per heavy atom. The van der Waals surface area contributed by atoms with E-state index in [1.807, 2.05) is 0 Å². The van der Waals surface area contributed by atoms with E-state index in [9.17, 15) is 20.1 Å². The molecule has 2 rings (SSSR count). The number of aliphatic hydroxyl groups is 3. The molecule has 1 aromatic rings. The second kappa shape index (κ2) is 6.04. The first kappa shape index (κ1) is 13.8. The van der Waals surface area contributed by atoms with Crippen LogP contribution in [0.2, 0.25) is 0 Å². The van der Waals surface area contributed by atoms with E-state index in [0.29, 0.717) is 5.56 Å². The zero-order valence-electron chi connectivity index (χ0n) is 9.93. The minimum Gasteiger partial charge on any atom is -0.388 e. The molecule has 5 N–H and O–H groups in total. The summed E-state index contributed by atoms with van der Waals surface area (Å²) in [6, 6.07) is 3.04. The van der Waals surface area contributed by atoms with E-state index in [1.54, 1.807) is 0 Å². The molecule has 0 saturated carbocycles. The highest BCUT2D eigenvalue weighted by molar-refractivity contribution is 5.93. The minimum absolute atomic E-state index is 0.138. The molecule has 1 amide bonds. The van der Waals surface area contributed by atoms with Gasteiger partial charge in [-0.2, -0.15) is 0 Å². The first-order valence-corrected chi connectivity index (χ1v) is 5.71. The smallest absolute Gasteiger partial charge is 0.265 e. The van der Waals surface area contributed by atoms with Crippen LogP contribution in [-0.2, 0) is 4.74 Å². The lowest BCUT2D eigenvalue weighted by atomic mass is 10.1. The van der Waals surface area contributed by atoms with Crippen molar-refractivity contribution < 1.29 is 24.9 Å². The fourth-order valence-corrected chi connectivity index (χ4v) is 1.65. The molecule has 1 aliphatic rings. The molecule has 4 atom stereocenters. The number of carbonyl (C=O) groups is 1. The van der Waals surface area contributed by atoms with Gasteiger partial charge in [0.25, 0.3) is 5.91 Å². The molecule has 0 radical (unpaired) electrons. The van der Waals surface area contributed by atoms with Crippen LogP contribution in [0.5, 0.6) is 0 Å². The molecular weight excluding hydrogens is 254 g/mol. The van der Waals surface area contributed by atoms with Crippen LogP contribution in [0.3, 0.4) is 0 Å². The van der Waals surface area contributed by atoms with Gasteiger partial charge in [-0.05, 0) is 12.1 Å². The zero-order chi connectivity index (χ0) is 13.8. The number of hydrogen-bond acceptors (Lipinski definition) is 7. The minimum atomic E-state index is -1.35. The van der Waals surface area contributed by atoms with Gasteiger partial charge in [0.05, 0.1) is 6.61 Å². The molecule has 8 nitrogen and oxygen atoms in total. The lowest BCUT2D eigenvalue weighted by molar-refractivity contribution is -0.197. The van der Waals surface area contributed by atoms with Gasteiger partial charge in [0.15, 0.2) is 6.23 Å². The number of nitrogens with zero attached hydrogens (tertiary/aromatic N) is 1. The summed E-state index contributed by atoms with van der Waals surface area (Å²) < 4.78 is 5.06. The van der Waals surface area contributed by atoms with Crippen molar-refractivity contribution in [1.29, 1.82) is 0 Å². The van der Waals surface area contributed by atoms with Crippen molar-refractivity contribution in [2.75, 3.05) is 6.61 Å². The van der Waals surface area contributed by atoms with Crippen molar-refractivity contribution in [2.24, 2.45) is 0 Å². The molecule has 1 aromatic heterocycles. The number of ether oxygens (including phenoxy) is 1. The maximum absolute atomic E-state index is 11.7. The van der Waals surface area contributed by atoms with E-state index >= 15 is 0 Å². The molecule has 8 heteroatoms. The number of amides is 1. The topological polar surface area (TPSA) is 124 Å². The van der Waals surface area contributed by atoms with Gasteiger partial charge in [-0.25, -0.2) is 5.43 Å². The second-order valence-electron chi connectivity index (χ2n) is 4.14. The summed E-state index contributed by atoms with van der Waals surface area (Å²) in [6.07, 6.45) is -1.87. The number of rotatable bonds is 3. The fraction of sp³-hybridized carbons (Fsp3) is 0.455. The zero-order valence-corrected chi connectivity index (χ0v) is 9.93. The second-order valence-corrected chi connectivity index (χ2v) is 4.14. The Morgan fingerprint density at radius 3 is 2.63 bits per heavy atom. The third-order valence-corrected chi connectivity index (χ3v) is 2.77. The van der Waals surface area contributed by atoms with Crippen molar-refractivity contribution in [1.82, 2.24) is 15.8 Å². The van der Waals surface area contributed by atoms with Gasteiger partial charge < -0.3 is 20.1 Å². The largest absolute Gasteiger partial charge is 0.388 e. The van der Waals surface area contributed by atoms with Crippen LogP contribution in [0.4, 0.5) is 0 Å². The Morgan fingerprint density at radius 2 is 1.95 bits per heavy atom.